The Labute approximate surface area is 126 Å². The molecule has 1 aromatic carbocycles. The fourth-order valence-electron chi connectivity index (χ4n) is 2.18. The van der Waals surface area contributed by atoms with E-state index in [1.54, 1.807) is 4.90 Å². The molecule has 2 rings (SSSR count). The highest BCUT2D eigenvalue weighted by Gasteiger charge is 2.20. The van der Waals surface area contributed by atoms with E-state index in [1.165, 1.54) is 11.1 Å². The quantitative estimate of drug-likeness (QED) is 0.929. The van der Waals surface area contributed by atoms with E-state index >= 15 is 0 Å². The molecule has 1 atom stereocenters. The van der Waals surface area contributed by atoms with Crippen molar-refractivity contribution in [2.24, 2.45) is 0 Å². The van der Waals surface area contributed by atoms with Crippen molar-refractivity contribution >= 4 is 24.0 Å². The van der Waals surface area contributed by atoms with E-state index in [2.05, 4.69) is 31.3 Å². The molecule has 5 heteroatoms. The number of ether oxygens (including phenoxy) is 1. The first-order valence-electron chi connectivity index (χ1n) is 6.73. The molecule has 0 aliphatic carbocycles. The fraction of sp³-hybridized carbons (Fsp3) is 0.533. The minimum absolute atomic E-state index is 0. The van der Waals surface area contributed by atoms with Crippen LogP contribution in [-0.2, 0) is 9.53 Å². The van der Waals surface area contributed by atoms with Crippen LogP contribution in [0, 0.1) is 13.8 Å². The van der Waals surface area contributed by atoms with Crippen LogP contribution in [0.3, 0.4) is 0 Å². The van der Waals surface area contributed by atoms with Crippen LogP contribution in [0.1, 0.15) is 17.5 Å². The largest absolute Gasteiger partial charge is 0.378 e. The summed E-state index contributed by atoms with van der Waals surface area (Å²) in [7, 11) is 1.83. The third-order valence-corrected chi connectivity index (χ3v) is 3.67. The molecule has 1 heterocycles. The first-order valence-corrected chi connectivity index (χ1v) is 6.73. The molecule has 0 bridgehead atoms. The first kappa shape index (κ1) is 17.0. The lowest BCUT2D eigenvalue weighted by atomic mass is 10.1. The highest BCUT2D eigenvalue weighted by molar-refractivity contribution is 5.93. The van der Waals surface area contributed by atoms with Gasteiger partial charge < -0.3 is 15.0 Å². The van der Waals surface area contributed by atoms with Crippen molar-refractivity contribution in [3.05, 3.63) is 29.3 Å². The van der Waals surface area contributed by atoms with Gasteiger partial charge in [0.1, 0.15) is 0 Å². The monoisotopic (exact) mass is 298 g/mol. The number of amides is 1. The minimum Gasteiger partial charge on any atom is -0.378 e. The summed E-state index contributed by atoms with van der Waals surface area (Å²) >= 11 is 0. The minimum atomic E-state index is 0. The molecule has 4 nitrogen and oxygen atoms in total. The lowest BCUT2D eigenvalue weighted by molar-refractivity contribution is -0.119. The lowest BCUT2D eigenvalue weighted by Gasteiger charge is -2.26. The molecule has 1 N–H and O–H groups in total. The average Bonchev–Trinajstić information content (AvgIpc) is 2.42. The summed E-state index contributed by atoms with van der Waals surface area (Å²) in [5.74, 6) is 0.117. The van der Waals surface area contributed by atoms with Gasteiger partial charge in [-0.3, -0.25) is 4.79 Å². The Balaban J connectivity index is 0.00000200. The molecule has 1 aliphatic rings. The van der Waals surface area contributed by atoms with Gasteiger partial charge in [-0.25, -0.2) is 0 Å². The topological polar surface area (TPSA) is 41.6 Å². The van der Waals surface area contributed by atoms with Gasteiger partial charge in [-0.05, 0) is 37.1 Å². The van der Waals surface area contributed by atoms with E-state index in [0.717, 1.165) is 18.8 Å². The van der Waals surface area contributed by atoms with Gasteiger partial charge in [0, 0.05) is 31.7 Å². The van der Waals surface area contributed by atoms with Crippen LogP contribution in [0.4, 0.5) is 5.69 Å². The maximum atomic E-state index is 12.2. The van der Waals surface area contributed by atoms with Gasteiger partial charge in [-0.2, -0.15) is 0 Å². The predicted octanol–water partition coefficient (Wildman–Crippen LogP) is 2.07. The van der Waals surface area contributed by atoms with E-state index in [0.29, 0.717) is 13.0 Å². The molecule has 0 saturated carbocycles. The van der Waals surface area contributed by atoms with E-state index in [4.69, 9.17) is 4.74 Å². The number of halogens is 1. The molecule has 0 spiro atoms. The van der Waals surface area contributed by atoms with E-state index < -0.39 is 0 Å². The van der Waals surface area contributed by atoms with Gasteiger partial charge in [0.15, 0.2) is 0 Å². The van der Waals surface area contributed by atoms with Crippen LogP contribution in [0.15, 0.2) is 18.2 Å². The first-order chi connectivity index (χ1) is 9.08. The number of hydrogen-bond donors (Lipinski definition) is 1. The summed E-state index contributed by atoms with van der Waals surface area (Å²) in [4.78, 5) is 14.0. The van der Waals surface area contributed by atoms with Crippen LogP contribution < -0.4 is 10.2 Å². The van der Waals surface area contributed by atoms with Crippen molar-refractivity contribution in [1.29, 1.82) is 0 Å². The van der Waals surface area contributed by atoms with Crippen molar-refractivity contribution in [1.82, 2.24) is 5.32 Å². The molecular weight excluding hydrogens is 276 g/mol. The maximum absolute atomic E-state index is 12.2. The molecule has 0 aromatic heterocycles. The normalized spacial score (nSPS) is 18.2. The molecule has 1 saturated heterocycles. The van der Waals surface area contributed by atoms with Gasteiger partial charge in [-0.15, -0.1) is 12.4 Å². The molecule has 112 valence electrons. The standard InChI is InChI=1S/C15H22N2O2.ClH/c1-11-4-5-14(8-12(11)2)17(3)15(18)9-13-10-19-7-6-16-13;/h4-5,8,13,16H,6-7,9-10H2,1-3H3;1H. The summed E-state index contributed by atoms with van der Waals surface area (Å²) < 4.78 is 5.37. The lowest BCUT2D eigenvalue weighted by Crippen LogP contribution is -2.44. The molecule has 0 radical (unpaired) electrons. The van der Waals surface area contributed by atoms with Crippen LogP contribution in [0.2, 0.25) is 0 Å². The number of aryl methyl sites for hydroxylation is 2. The van der Waals surface area contributed by atoms with Crippen molar-refractivity contribution in [3.63, 3.8) is 0 Å². The molecule has 1 amide bonds. The second-order valence-corrected chi connectivity index (χ2v) is 5.15. The Kier molecular flexibility index (Phi) is 6.46. The highest BCUT2D eigenvalue weighted by atomic mass is 35.5. The van der Waals surface area contributed by atoms with Gasteiger partial charge in [0.2, 0.25) is 5.91 Å². The summed E-state index contributed by atoms with van der Waals surface area (Å²) in [6.45, 7) is 6.31. The van der Waals surface area contributed by atoms with Crippen LogP contribution in [0.5, 0.6) is 0 Å². The number of carbonyl (C=O) groups is 1. The Bertz CT molecular complexity index is 459. The van der Waals surface area contributed by atoms with Gasteiger partial charge >= 0.3 is 0 Å². The van der Waals surface area contributed by atoms with E-state index in [-0.39, 0.29) is 24.4 Å². The number of hydrogen-bond acceptors (Lipinski definition) is 3. The molecule has 1 fully saturated rings. The van der Waals surface area contributed by atoms with Crippen molar-refractivity contribution < 1.29 is 9.53 Å². The summed E-state index contributed by atoms with van der Waals surface area (Å²) in [6, 6.07) is 6.23. The third-order valence-electron chi connectivity index (χ3n) is 3.67. The van der Waals surface area contributed by atoms with Crippen molar-refractivity contribution in [2.75, 3.05) is 31.7 Å². The van der Waals surface area contributed by atoms with E-state index in [1.807, 2.05) is 13.1 Å². The van der Waals surface area contributed by atoms with Crippen LogP contribution in [-0.4, -0.2) is 38.8 Å². The second-order valence-electron chi connectivity index (χ2n) is 5.15. The predicted molar refractivity (Wildman–Crippen MR) is 83.8 cm³/mol. The zero-order valence-electron chi connectivity index (χ0n) is 12.3. The van der Waals surface area contributed by atoms with Crippen LogP contribution >= 0.6 is 12.4 Å². The van der Waals surface area contributed by atoms with Gasteiger partial charge in [0.25, 0.3) is 0 Å². The SMILES string of the molecule is Cc1ccc(N(C)C(=O)CC2COCCN2)cc1C.Cl. The molecule has 1 aromatic rings. The van der Waals surface area contributed by atoms with Gasteiger partial charge in [0.05, 0.1) is 13.2 Å². The third kappa shape index (κ3) is 4.20. The smallest absolute Gasteiger partial charge is 0.228 e. The summed E-state index contributed by atoms with van der Waals surface area (Å²) in [6.07, 6.45) is 0.476. The number of morpholine rings is 1. The van der Waals surface area contributed by atoms with Crippen molar-refractivity contribution in [2.45, 2.75) is 26.3 Å². The maximum Gasteiger partial charge on any atom is 0.228 e. The highest BCUT2D eigenvalue weighted by Crippen LogP contribution is 2.18. The number of nitrogens with zero attached hydrogens (tertiary/aromatic N) is 1. The summed E-state index contributed by atoms with van der Waals surface area (Å²) in [5.41, 5.74) is 3.40. The summed E-state index contributed by atoms with van der Waals surface area (Å²) in [5, 5.41) is 3.30. The number of carbonyl (C=O) groups excluding carboxylic acids is 1. The Hall–Kier alpha value is -1.10. The average molecular weight is 299 g/mol. The Morgan fingerprint density at radius 3 is 2.75 bits per heavy atom. The molecule has 1 unspecified atom stereocenters. The number of nitrogens with one attached hydrogen (secondary N) is 1. The molecular formula is C15H23ClN2O2. The zero-order chi connectivity index (χ0) is 13.8. The number of rotatable bonds is 3. The number of anilines is 1. The Morgan fingerprint density at radius 2 is 2.15 bits per heavy atom. The fourth-order valence-corrected chi connectivity index (χ4v) is 2.18. The number of benzene rings is 1. The molecule has 1 aliphatic heterocycles. The zero-order valence-corrected chi connectivity index (χ0v) is 13.1. The van der Waals surface area contributed by atoms with Gasteiger partial charge in [-0.1, -0.05) is 6.07 Å². The second kappa shape index (κ2) is 7.62. The van der Waals surface area contributed by atoms with E-state index in [9.17, 15) is 4.79 Å². The Morgan fingerprint density at radius 1 is 1.40 bits per heavy atom. The molecule has 20 heavy (non-hydrogen) atoms. The van der Waals surface area contributed by atoms with Crippen molar-refractivity contribution in [3.8, 4) is 0 Å². The van der Waals surface area contributed by atoms with Crippen LogP contribution in [0.25, 0.3) is 0 Å².